The number of amides is 2. The molecule has 2 fully saturated rings. The minimum atomic E-state index is -0.506. The van der Waals surface area contributed by atoms with E-state index in [4.69, 9.17) is 16.3 Å². The SMILES string of the molecule is O=C1NCCCC[C@@H]1N(Cc1cccc(OC2CCCC2)c1)C(=O)c1cccc(Cl)c1. The number of nitrogens with zero attached hydrogens (tertiary/aromatic N) is 1. The summed E-state index contributed by atoms with van der Waals surface area (Å²) in [7, 11) is 0. The van der Waals surface area contributed by atoms with E-state index in [0.717, 1.165) is 37.0 Å². The molecule has 0 aromatic heterocycles. The Morgan fingerprint density at radius 3 is 2.61 bits per heavy atom. The highest BCUT2D eigenvalue weighted by molar-refractivity contribution is 6.31. The van der Waals surface area contributed by atoms with E-state index in [1.807, 2.05) is 24.3 Å². The molecule has 2 aromatic carbocycles. The van der Waals surface area contributed by atoms with E-state index in [0.29, 0.717) is 30.1 Å². The van der Waals surface area contributed by atoms with Crippen LogP contribution in [0.1, 0.15) is 60.9 Å². The quantitative estimate of drug-likeness (QED) is 0.689. The number of halogens is 1. The molecule has 2 amide bonds. The van der Waals surface area contributed by atoms with E-state index in [9.17, 15) is 9.59 Å². The zero-order valence-corrected chi connectivity index (χ0v) is 18.4. The topological polar surface area (TPSA) is 58.6 Å². The number of hydrogen-bond acceptors (Lipinski definition) is 3. The fourth-order valence-corrected chi connectivity index (χ4v) is 4.63. The summed E-state index contributed by atoms with van der Waals surface area (Å²) >= 11 is 6.13. The number of nitrogens with one attached hydrogen (secondary N) is 1. The number of carbonyl (C=O) groups is 2. The third kappa shape index (κ3) is 5.59. The van der Waals surface area contributed by atoms with E-state index in [1.165, 1.54) is 12.8 Å². The zero-order valence-electron chi connectivity index (χ0n) is 17.7. The maximum Gasteiger partial charge on any atom is 0.254 e. The van der Waals surface area contributed by atoms with Crippen LogP contribution in [0.2, 0.25) is 5.02 Å². The Morgan fingerprint density at radius 1 is 1.03 bits per heavy atom. The molecule has 0 radical (unpaired) electrons. The summed E-state index contributed by atoms with van der Waals surface area (Å²) in [5.41, 5.74) is 1.44. The van der Waals surface area contributed by atoms with E-state index >= 15 is 0 Å². The monoisotopic (exact) mass is 440 g/mol. The molecule has 0 bridgehead atoms. The Kier molecular flexibility index (Phi) is 7.13. The molecule has 1 aliphatic carbocycles. The van der Waals surface area contributed by atoms with Gasteiger partial charge in [-0.3, -0.25) is 9.59 Å². The zero-order chi connectivity index (χ0) is 21.6. The van der Waals surface area contributed by atoms with Crippen molar-refractivity contribution in [3.8, 4) is 5.75 Å². The molecule has 4 rings (SSSR count). The smallest absolute Gasteiger partial charge is 0.254 e. The highest BCUT2D eigenvalue weighted by atomic mass is 35.5. The molecule has 6 heteroatoms. The summed E-state index contributed by atoms with van der Waals surface area (Å²) in [6.07, 6.45) is 7.34. The van der Waals surface area contributed by atoms with Crippen LogP contribution in [0, 0.1) is 0 Å². The molecule has 164 valence electrons. The fourth-order valence-electron chi connectivity index (χ4n) is 4.44. The van der Waals surface area contributed by atoms with Gasteiger partial charge in [-0.1, -0.05) is 29.8 Å². The molecule has 0 unspecified atom stereocenters. The highest BCUT2D eigenvalue weighted by Crippen LogP contribution is 2.26. The second-order valence-electron chi connectivity index (χ2n) is 8.42. The molecule has 1 N–H and O–H groups in total. The van der Waals surface area contributed by atoms with Crippen LogP contribution in [-0.4, -0.2) is 35.4 Å². The van der Waals surface area contributed by atoms with Crippen molar-refractivity contribution >= 4 is 23.4 Å². The van der Waals surface area contributed by atoms with E-state index in [2.05, 4.69) is 5.32 Å². The Balaban J connectivity index is 1.59. The molecule has 2 aliphatic rings. The highest BCUT2D eigenvalue weighted by Gasteiger charge is 2.31. The molecule has 31 heavy (non-hydrogen) atoms. The molecule has 2 aromatic rings. The third-order valence-corrected chi connectivity index (χ3v) is 6.31. The van der Waals surface area contributed by atoms with Crippen molar-refractivity contribution in [2.24, 2.45) is 0 Å². The van der Waals surface area contributed by atoms with Gasteiger partial charge in [0.15, 0.2) is 0 Å². The lowest BCUT2D eigenvalue weighted by molar-refractivity contribution is -0.125. The first kappa shape index (κ1) is 21.7. The second-order valence-corrected chi connectivity index (χ2v) is 8.85. The Hall–Kier alpha value is -2.53. The van der Waals surface area contributed by atoms with Crippen LogP contribution in [0.25, 0.3) is 0 Å². The predicted octanol–water partition coefficient (Wildman–Crippen LogP) is 4.97. The van der Waals surface area contributed by atoms with Gasteiger partial charge >= 0.3 is 0 Å². The van der Waals surface area contributed by atoms with Crippen LogP contribution in [-0.2, 0) is 11.3 Å². The third-order valence-electron chi connectivity index (χ3n) is 6.07. The molecule has 0 spiro atoms. The number of ether oxygens (including phenoxy) is 1. The van der Waals surface area contributed by atoms with Crippen molar-refractivity contribution in [1.82, 2.24) is 10.2 Å². The maximum absolute atomic E-state index is 13.5. The average molecular weight is 441 g/mol. The van der Waals surface area contributed by atoms with E-state index < -0.39 is 6.04 Å². The number of benzene rings is 2. The second kappa shape index (κ2) is 10.2. The van der Waals surface area contributed by atoms with Crippen molar-refractivity contribution in [1.29, 1.82) is 0 Å². The van der Waals surface area contributed by atoms with Crippen LogP contribution >= 0.6 is 11.6 Å². The summed E-state index contributed by atoms with van der Waals surface area (Å²) in [6, 6.07) is 14.3. The summed E-state index contributed by atoms with van der Waals surface area (Å²) in [5.74, 6) is 0.544. The predicted molar refractivity (Wildman–Crippen MR) is 121 cm³/mol. The molecule has 1 saturated heterocycles. The first-order chi connectivity index (χ1) is 15.1. The van der Waals surface area contributed by atoms with Gasteiger partial charge in [0.2, 0.25) is 5.91 Å². The number of rotatable bonds is 6. The number of hydrogen-bond donors (Lipinski definition) is 1. The molecular weight excluding hydrogens is 412 g/mol. The summed E-state index contributed by atoms with van der Waals surface area (Å²) < 4.78 is 6.14. The summed E-state index contributed by atoms with van der Waals surface area (Å²) in [6.45, 7) is 0.991. The minimum absolute atomic E-state index is 0.0914. The average Bonchev–Trinajstić information content (AvgIpc) is 3.18. The van der Waals surface area contributed by atoms with Crippen molar-refractivity contribution in [3.63, 3.8) is 0 Å². The van der Waals surface area contributed by atoms with Crippen molar-refractivity contribution < 1.29 is 14.3 Å². The van der Waals surface area contributed by atoms with Gasteiger partial charge in [0.1, 0.15) is 11.8 Å². The minimum Gasteiger partial charge on any atom is -0.490 e. The largest absolute Gasteiger partial charge is 0.490 e. The van der Waals surface area contributed by atoms with E-state index in [1.54, 1.807) is 29.2 Å². The Morgan fingerprint density at radius 2 is 1.81 bits per heavy atom. The van der Waals surface area contributed by atoms with Gasteiger partial charge in [-0.2, -0.15) is 0 Å². The normalized spacial score (nSPS) is 19.5. The molecule has 1 aliphatic heterocycles. The van der Waals surface area contributed by atoms with Gasteiger partial charge in [-0.15, -0.1) is 0 Å². The van der Waals surface area contributed by atoms with Gasteiger partial charge in [0, 0.05) is 23.7 Å². The van der Waals surface area contributed by atoms with Gasteiger partial charge in [-0.05, 0) is 80.8 Å². The van der Waals surface area contributed by atoms with Crippen molar-refractivity contribution in [3.05, 3.63) is 64.7 Å². The summed E-state index contributed by atoms with van der Waals surface area (Å²) in [5, 5.41) is 3.46. The first-order valence-corrected chi connectivity index (χ1v) is 11.6. The van der Waals surface area contributed by atoms with Gasteiger partial charge in [0.05, 0.1) is 6.10 Å². The fraction of sp³-hybridized carbons (Fsp3) is 0.440. The van der Waals surface area contributed by atoms with Gasteiger partial charge < -0.3 is 15.0 Å². The van der Waals surface area contributed by atoms with Gasteiger partial charge in [0.25, 0.3) is 5.91 Å². The lowest BCUT2D eigenvalue weighted by atomic mass is 10.0. The standard InChI is InChI=1S/C25H29ClN2O3/c26-20-9-6-8-19(16-20)25(30)28(23-13-3-4-14-27-24(23)29)17-18-7-5-12-22(15-18)31-21-10-1-2-11-21/h5-9,12,15-16,21,23H,1-4,10-11,13-14,17H2,(H,27,29)/t23-/m0/s1. The maximum atomic E-state index is 13.5. The molecule has 1 atom stereocenters. The van der Waals surface area contributed by atoms with E-state index in [-0.39, 0.29) is 17.9 Å². The lowest BCUT2D eigenvalue weighted by Crippen LogP contribution is -2.48. The molecule has 1 heterocycles. The first-order valence-electron chi connectivity index (χ1n) is 11.2. The molecule has 5 nitrogen and oxygen atoms in total. The summed E-state index contributed by atoms with van der Waals surface area (Å²) in [4.78, 5) is 27.9. The Labute approximate surface area is 188 Å². The Bertz CT molecular complexity index is 926. The van der Waals surface area contributed by atoms with Crippen LogP contribution < -0.4 is 10.1 Å². The van der Waals surface area contributed by atoms with Crippen molar-refractivity contribution in [2.45, 2.75) is 63.6 Å². The molecular formula is C25H29ClN2O3. The van der Waals surface area contributed by atoms with Crippen molar-refractivity contribution in [2.75, 3.05) is 6.54 Å². The lowest BCUT2D eigenvalue weighted by Gasteiger charge is -2.30. The van der Waals surface area contributed by atoms with Gasteiger partial charge in [-0.25, -0.2) is 0 Å². The van der Waals surface area contributed by atoms with Crippen LogP contribution in [0.4, 0.5) is 0 Å². The van der Waals surface area contributed by atoms with Crippen LogP contribution in [0.15, 0.2) is 48.5 Å². The molecule has 1 saturated carbocycles. The number of carbonyl (C=O) groups excluding carboxylic acids is 2. The van der Waals surface area contributed by atoms with Crippen LogP contribution in [0.3, 0.4) is 0 Å². The van der Waals surface area contributed by atoms with Crippen LogP contribution in [0.5, 0.6) is 5.75 Å².